The summed E-state index contributed by atoms with van der Waals surface area (Å²) in [7, 11) is -3.65. The number of thiophene rings is 1. The van der Waals surface area contributed by atoms with Crippen LogP contribution in [0, 0.1) is 6.92 Å². The van der Waals surface area contributed by atoms with Crippen LogP contribution in [-0.2, 0) is 22.7 Å². The number of hydrogen-bond acceptors (Lipinski definition) is 4. The summed E-state index contributed by atoms with van der Waals surface area (Å²) in [6.45, 7) is 1.77. The van der Waals surface area contributed by atoms with Gasteiger partial charge in [0.1, 0.15) is 4.21 Å². The Labute approximate surface area is 140 Å². The lowest BCUT2D eigenvalue weighted by Crippen LogP contribution is -2.25. The molecule has 0 saturated carbocycles. The van der Waals surface area contributed by atoms with Gasteiger partial charge in [-0.15, -0.1) is 11.3 Å². The topological polar surface area (TPSA) is 64.0 Å². The van der Waals surface area contributed by atoms with Gasteiger partial charge in [-0.1, -0.05) is 11.6 Å². The Morgan fingerprint density at radius 2 is 2.09 bits per heavy atom. The first-order valence-corrected chi connectivity index (χ1v) is 9.14. The highest BCUT2D eigenvalue weighted by atomic mass is 35.5. The number of hydrogen-bond donors (Lipinski definition) is 1. The molecule has 0 bridgehead atoms. The highest BCUT2D eigenvalue weighted by Gasteiger charge is 2.34. The van der Waals surface area contributed by atoms with E-state index in [0.29, 0.717) is 16.5 Å². The van der Waals surface area contributed by atoms with Crippen molar-refractivity contribution >= 4 is 33.0 Å². The first-order chi connectivity index (χ1) is 10.6. The number of nitrogens with zero attached hydrogens (tertiary/aromatic N) is 2. The molecule has 2 aromatic heterocycles. The first kappa shape index (κ1) is 18.2. The Bertz CT molecular complexity index is 784. The zero-order valence-corrected chi connectivity index (χ0v) is 14.3. The molecule has 2 aromatic rings. The SMILES string of the molecule is Cc1cc(C(F)(F)F)nn1CCCNS(=O)(=O)c1ccc(Cl)s1. The van der Waals surface area contributed by atoms with Gasteiger partial charge in [0.2, 0.25) is 10.0 Å². The van der Waals surface area contributed by atoms with E-state index in [-0.39, 0.29) is 17.3 Å². The van der Waals surface area contributed by atoms with Crippen molar-refractivity contribution in [3.05, 3.63) is 33.9 Å². The molecule has 0 spiro atoms. The molecular formula is C12H13ClF3N3O2S2. The molecule has 0 amide bonds. The van der Waals surface area contributed by atoms with Crippen LogP contribution in [0.4, 0.5) is 13.2 Å². The standard InChI is InChI=1S/C12H13ClF3N3O2S2/c1-8-7-9(12(14,15)16)18-19(8)6-2-5-17-23(20,21)11-4-3-10(13)22-11/h3-4,7,17H,2,5-6H2,1H3. The zero-order valence-electron chi connectivity index (χ0n) is 11.9. The highest BCUT2D eigenvalue weighted by molar-refractivity contribution is 7.91. The summed E-state index contributed by atoms with van der Waals surface area (Å²) >= 11 is 6.62. The van der Waals surface area contributed by atoms with Crippen LogP contribution in [0.3, 0.4) is 0 Å². The molecule has 5 nitrogen and oxygen atoms in total. The largest absolute Gasteiger partial charge is 0.435 e. The Balaban J connectivity index is 1.90. The van der Waals surface area contributed by atoms with Gasteiger partial charge in [0.15, 0.2) is 5.69 Å². The van der Waals surface area contributed by atoms with E-state index in [2.05, 4.69) is 9.82 Å². The fourth-order valence-electron chi connectivity index (χ4n) is 1.82. The predicted molar refractivity (Wildman–Crippen MR) is 81.1 cm³/mol. The Morgan fingerprint density at radius 3 is 2.61 bits per heavy atom. The summed E-state index contributed by atoms with van der Waals surface area (Å²) in [5.41, 5.74) is -0.589. The lowest BCUT2D eigenvalue weighted by Gasteiger charge is -2.06. The number of halogens is 4. The number of sulfonamides is 1. The third kappa shape index (κ3) is 4.69. The van der Waals surface area contributed by atoms with Crippen LogP contribution in [0.15, 0.2) is 22.4 Å². The van der Waals surface area contributed by atoms with Gasteiger partial charge in [0.05, 0.1) is 4.34 Å². The molecule has 1 N–H and O–H groups in total. The fourth-order valence-corrected chi connectivity index (χ4v) is 4.43. The van der Waals surface area contributed by atoms with Crippen molar-refractivity contribution in [3.8, 4) is 0 Å². The summed E-state index contributed by atoms with van der Waals surface area (Å²) in [6, 6.07) is 3.83. The van der Waals surface area contributed by atoms with Crippen molar-refractivity contribution in [3.63, 3.8) is 0 Å². The third-order valence-corrected chi connectivity index (χ3v) is 6.11. The zero-order chi connectivity index (χ0) is 17.3. The van der Waals surface area contributed by atoms with E-state index in [9.17, 15) is 21.6 Å². The van der Waals surface area contributed by atoms with Crippen molar-refractivity contribution in [2.24, 2.45) is 0 Å². The first-order valence-electron chi connectivity index (χ1n) is 6.46. The van der Waals surface area contributed by atoms with E-state index in [1.807, 2.05) is 0 Å². The Morgan fingerprint density at radius 1 is 1.39 bits per heavy atom. The van der Waals surface area contributed by atoms with Crippen LogP contribution in [0.2, 0.25) is 4.34 Å². The average Bonchev–Trinajstić information content (AvgIpc) is 3.01. The average molecular weight is 388 g/mol. The fraction of sp³-hybridized carbons (Fsp3) is 0.417. The predicted octanol–water partition coefficient (Wildman–Crippen LogP) is 3.29. The quantitative estimate of drug-likeness (QED) is 0.773. The van der Waals surface area contributed by atoms with E-state index < -0.39 is 21.9 Å². The normalized spacial score (nSPS) is 12.7. The molecule has 0 aliphatic carbocycles. The summed E-state index contributed by atoms with van der Waals surface area (Å²) in [4.78, 5) is 0. The van der Waals surface area contributed by atoms with E-state index in [0.717, 1.165) is 17.4 Å². The summed E-state index contributed by atoms with van der Waals surface area (Å²) < 4.78 is 65.5. The van der Waals surface area contributed by atoms with Crippen molar-refractivity contribution in [2.45, 2.75) is 30.3 Å². The second kappa shape index (κ2) is 6.80. The monoisotopic (exact) mass is 387 g/mol. The van der Waals surface area contributed by atoms with Gasteiger partial charge in [-0.3, -0.25) is 4.68 Å². The van der Waals surface area contributed by atoms with Crippen LogP contribution < -0.4 is 4.72 Å². The van der Waals surface area contributed by atoms with E-state index in [1.165, 1.54) is 23.7 Å². The molecule has 128 valence electrons. The van der Waals surface area contributed by atoms with Gasteiger partial charge in [-0.25, -0.2) is 13.1 Å². The highest BCUT2D eigenvalue weighted by Crippen LogP contribution is 2.28. The second-order valence-electron chi connectivity index (χ2n) is 4.70. The van der Waals surface area contributed by atoms with Crippen molar-refractivity contribution in [1.82, 2.24) is 14.5 Å². The maximum atomic E-state index is 12.5. The maximum absolute atomic E-state index is 12.5. The maximum Gasteiger partial charge on any atom is 0.435 e. The molecule has 2 heterocycles. The van der Waals surface area contributed by atoms with Crippen LogP contribution in [0.1, 0.15) is 17.8 Å². The Kier molecular flexibility index (Phi) is 5.39. The molecule has 0 aromatic carbocycles. The van der Waals surface area contributed by atoms with Gasteiger partial charge in [-0.2, -0.15) is 18.3 Å². The smallest absolute Gasteiger partial charge is 0.269 e. The summed E-state index contributed by atoms with van der Waals surface area (Å²) in [5, 5.41) is 3.48. The minimum atomic E-state index is -4.49. The summed E-state index contributed by atoms with van der Waals surface area (Å²) in [6.07, 6.45) is -4.19. The molecule has 0 fully saturated rings. The molecule has 0 unspecified atom stereocenters. The van der Waals surface area contributed by atoms with Gasteiger partial charge >= 0.3 is 6.18 Å². The van der Waals surface area contributed by atoms with Crippen LogP contribution in [-0.4, -0.2) is 24.7 Å². The van der Waals surface area contributed by atoms with Crippen molar-refractivity contribution in [1.29, 1.82) is 0 Å². The molecule has 0 aliphatic rings. The molecule has 0 saturated heterocycles. The number of aryl methyl sites for hydroxylation is 2. The Hall–Kier alpha value is -1.10. The second-order valence-corrected chi connectivity index (χ2v) is 8.41. The van der Waals surface area contributed by atoms with Crippen molar-refractivity contribution < 1.29 is 21.6 Å². The number of aromatic nitrogens is 2. The van der Waals surface area contributed by atoms with Crippen LogP contribution >= 0.6 is 22.9 Å². The molecular weight excluding hydrogens is 375 g/mol. The van der Waals surface area contributed by atoms with Crippen LogP contribution in [0.25, 0.3) is 0 Å². The molecule has 2 rings (SSSR count). The van der Waals surface area contributed by atoms with E-state index in [1.54, 1.807) is 0 Å². The van der Waals surface area contributed by atoms with Crippen molar-refractivity contribution in [2.75, 3.05) is 6.54 Å². The molecule has 0 radical (unpaired) electrons. The molecule has 11 heteroatoms. The molecule has 0 atom stereocenters. The van der Waals surface area contributed by atoms with Gasteiger partial charge < -0.3 is 0 Å². The van der Waals surface area contributed by atoms with Gasteiger partial charge in [0, 0.05) is 18.8 Å². The number of nitrogens with one attached hydrogen (secondary N) is 1. The molecule has 23 heavy (non-hydrogen) atoms. The van der Waals surface area contributed by atoms with Gasteiger partial charge in [0.25, 0.3) is 0 Å². The minimum absolute atomic E-state index is 0.0818. The molecule has 0 aliphatic heterocycles. The van der Waals surface area contributed by atoms with Gasteiger partial charge in [-0.05, 0) is 31.5 Å². The third-order valence-electron chi connectivity index (χ3n) is 2.92. The van der Waals surface area contributed by atoms with E-state index in [4.69, 9.17) is 11.6 Å². The minimum Gasteiger partial charge on any atom is -0.269 e. The number of rotatable bonds is 6. The van der Waals surface area contributed by atoms with E-state index >= 15 is 0 Å². The lowest BCUT2D eigenvalue weighted by atomic mass is 10.3. The lowest BCUT2D eigenvalue weighted by molar-refractivity contribution is -0.141. The van der Waals surface area contributed by atoms with Crippen LogP contribution in [0.5, 0.6) is 0 Å². The number of alkyl halides is 3. The summed E-state index contributed by atoms with van der Waals surface area (Å²) in [5.74, 6) is 0.